The fraction of sp³-hybridized carbons (Fsp3) is 0.500. The van der Waals surface area contributed by atoms with Crippen molar-refractivity contribution in [1.82, 2.24) is 0 Å². The Morgan fingerprint density at radius 3 is 2.53 bits per heavy atom. The summed E-state index contributed by atoms with van der Waals surface area (Å²) in [5.41, 5.74) is 1.28. The third-order valence-electron chi connectivity index (χ3n) is 2.56. The molecule has 0 aromatic heterocycles. The molecule has 1 aromatic carbocycles. The quantitative estimate of drug-likeness (QED) is 0.753. The summed E-state index contributed by atoms with van der Waals surface area (Å²) >= 11 is 9.52. The van der Waals surface area contributed by atoms with E-state index in [0.717, 1.165) is 16.6 Å². The highest BCUT2D eigenvalue weighted by Crippen LogP contribution is 2.27. The fourth-order valence-electron chi connectivity index (χ4n) is 1.37. The highest BCUT2D eigenvalue weighted by atomic mass is 79.9. The molecule has 1 rings (SSSR count). The summed E-state index contributed by atoms with van der Waals surface area (Å²) < 4.78 is 6.18. The molecule has 0 saturated heterocycles. The fourth-order valence-corrected chi connectivity index (χ4v) is 2.05. The van der Waals surface area contributed by atoms with Crippen LogP contribution < -0.4 is 4.74 Å². The predicted octanol–water partition coefficient (Wildman–Crippen LogP) is 4.26. The van der Waals surface area contributed by atoms with Gasteiger partial charge >= 0.3 is 0 Å². The summed E-state index contributed by atoms with van der Waals surface area (Å²) in [5.74, 6) is 1.34. The number of alkyl halides is 1. The molecule has 0 N–H and O–H groups in total. The third kappa shape index (κ3) is 3.69. The van der Waals surface area contributed by atoms with E-state index in [1.807, 2.05) is 13.0 Å². The SMILES string of the molecule is COc1ccc(CC(C)C(C)Cl)cc1Br. The second-order valence-electron chi connectivity index (χ2n) is 3.83. The third-order valence-corrected chi connectivity index (χ3v) is 3.61. The number of hydrogen-bond acceptors (Lipinski definition) is 1. The maximum absolute atomic E-state index is 6.04. The van der Waals surface area contributed by atoms with E-state index in [9.17, 15) is 0 Å². The van der Waals surface area contributed by atoms with Gasteiger partial charge in [0.1, 0.15) is 5.75 Å². The first-order chi connectivity index (χ1) is 7.04. The van der Waals surface area contributed by atoms with Crippen LogP contribution in [0, 0.1) is 5.92 Å². The van der Waals surface area contributed by atoms with Crippen LogP contribution in [0.5, 0.6) is 5.75 Å². The van der Waals surface area contributed by atoms with Gasteiger partial charge in [-0.3, -0.25) is 0 Å². The van der Waals surface area contributed by atoms with Gasteiger partial charge in [-0.25, -0.2) is 0 Å². The Morgan fingerprint density at radius 2 is 2.07 bits per heavy atom. The summed E-state index contributed by atoms with van der Waals surface area (Å²) in [6, 6.07) is 6.15. The zero-order valence-corrected chi connectivity index (χ0v) is 11.6. The second kappa shape index (κ2) is 5.76. The first-order valence-electron chi connectivity index (χ1n) is 5.01. The summed E-state index contributed by atoms with van der Waals surface area (Å²) in [5, 5.41) is 0.200. The highest BCUT2D eigenvalue weighted by Gasteiger charge is 2.10. The lowest BCUT2D eigenvalue weighted by Crippen LogP contribution is -2.10. The largest absolute Gasteiger partial charge is 0.496 e. The van der Waals surface area contributed by atoms with E-state index in [2.05, 4.69) is 35.0 Å². The average molecular weight is 292 g/mol. The van der Waals surface area contributed by atoms with Crippen LogP contribution in [0.2, 0.25) is 0 Å². The van der Waals surface area contributed by atoms with Crippen LogP contribution in [0.4, 0.5) is 0 Å². The summed E-state index contributed by atoms with van der Waals surface area (Å²) in [6.07, 6.45) is 0.993. The van der Waals surface area contributed by atoms with Gasteiger partial charge in [0.15, 0.2) is 0 Å². The second-order valence-corrected chi connectivity index (χ2v) is 5.37. The molecule has 0 aliphatic rings. The van der Waals surface area contributed by atoms with E-state index in [1.54, 1.807) is 7.11 Å². The molecule has 3 heteroatoms. The van der Waals surface area contributed by atoms with Gasteiger partial charge in [-0.1, -0.05) is 13.0 Å². The van der Waals surface area contributed by atoms with Crippen LogP contribution in [-0.2, 0) is 6.42 Å². The number of methoxy groups -OCH3 is 1. The van der Waals surface area contributed by atoms with Crippen LogP contribution in [0.3, 0.4) is 0 Å². The Kier molecular flexibility index (Phi) is 4.94. The molecular weight excluding hydrogens is 275 g/mol. The molecule has 0 aliphatic carbocycles. The smallest absolute Gasteiger partial charge is 0.133 e. The van der Waals surface area contributed by atoms with Gasteiger partial charge in [0.05, 0.1) is 11.6 Å². The average Bonchev–Trinajstić information content (AvgIpc) is 2.18. The zero-order valence-electron chi connectivity index (χ0n) is 9.26. The number of hydrogen-bond donors (Lipinski definition) is 0. The van der Waals surface area contributed by atoms with Gasteiger partial charge in [0.2, 0.25) is 0 Å². The van der Waals surface area contributed by atoms with Crippen molar-refractivity contribution in [2.45, 2.75) is 25.6 Å². The Bertz CT molecular complexity index is 325. The van der Waals surface area contributed by atoms with Crippen molar-refractivity contribution in [3.05, 3.63) is 28.2 Å². The van der Waals surface area contributed by atoms with Crippen LogP contribution in [0.25, 0.3) is 0 Å². The van der Waals surface area contributed by atoms with E-state index >= 15 is 0 Å². The maximum Gasteiger partial charge on any atom is 0.133 e. The van der Waals surface area contributed by atoms with Crippen molar-refractivity contribution in [2.75, 3.05) is 7.11 Å². The first-order valence-corrected chi connectivity index (χ1v) is 6.24. The zero-order chi connectivity index (χ0) is 11.4. The van der Waals surface area contributed by atoms with Crippen LogP contribution in [0.15, 0.2) is 22.7 Å². The maximum atomic E-state index is 6.04. The first kappa shape index (κ1) is 12.9. The molecule has 0 spiro atoms. The molecule has 0 heterocycles. The Balaban J connectivity index is 2.75. The van der Waals surface area contributed by atoms with Crippen molar-refractivity contribution >= 4 is 27.5 Å². The van der Waals surface area contributed by atoms with Gasteiger partial charge in [-0.05, 0) is 52.9 Å². The molecule has 2 atom stereocenters. The lowest BCUT2D eigenvalue weighted by molar-refractivity contribution is 0.412. The Morgan fingerprint density at radius 1 is 1.40 bits per heavy atom. The molecule has 1 aromatic rings. The van der Waals surface area contributed by atoms with E-state index < -0.39 is 0 Å². The van der Waals surface area contributed by atoms with Crippen molar-refractivity contribution in [3.63, 3.8) is 0 Å². The minimum absolute atomic E-state index is 0.200. The van der Waals surface area contributed by atoms with Gasteiger partial charge in [0, 0.05) is 5.38 Å². The number of rotatable bonds is 4. The predicted molar refractivity (Wildman–Crippen MR) is 68.9 cm³/mol. The molecule has 2 unspecified atom stereocenters. The van der Waals surface area contributed by atoms with Gasteiger partial charge < -0.3 is 4.74 Å². The van der Waals surface area contributed by atoms with E-state index in [-0.39, 0.29) is 5.38 Å². The van der Waals surface area contributed by atoms with Gasteiger partial charge in [-0.15, -0.1) is 11.6 Å². The standard InChI is InChI=1S/C12H16BrClO/c1-8(9(2)14)6-10-4-5-12(15-3)11(13)7-10/h4-5,7-9H,6H2,1-3H3. The van der Waals surface area contributed by atoms with Crippen molar-refractivity contribution in [1.29, 1.82) is 0 Å². The van der Waals surface area contributed by atoms with Gasteiger partial charge in [-0.2, -0.15) is 0 Å². The van der Waals surface area contributed by atoms with Crippen LogP contribution >= 0.6 is 27.5 Å². The molecule has 0 aliphatic heterocycles. The Hall–Kier alpha value is -0.210. The molecule has 1 nitrogen and oxygen atoms in total. The minimum Gasteiger partial charge on any atom is -0.496 e. The number of ether oxygens (including phenoxy) is 1. The molecule has 15 heavy (non-hydrogen) atoms. The minimum atomic E-state index is 0.200. The molecular formula is C12H16BrClO. The van der Waals surface area contributed by atoms with Crippen molar-refractivity contribution in [3.8, 4) is 5.75 Å². The molecule has 0 bridgehead atoms. The summed E-state index contributed by atoms with van der Waals surface area (Å²) in [4.78, 5) is 0. The van der Waals surface area contributed by atoms with Crippen LogP contribution in [-0.4, -0.2) is 12.5 Å². The number of benzene rings is 1. The number of halogens is 2. The molecule has 0 fully saturated rings. The lowest BCUT2D eigenvalue weighted by atomic mass is 9.98. The molecule has 84 valence electrons. The lowest BCUT2D eigenvalue weighted by Gasteiger charge is -2.14. The van der Waals surface area contributed by atoms with Crippen molar-refractivity contribution < 1.29 is 4.74 Å². The highest BCUT2D eigenvalue weighted by molar-refractivity contribution is 9.10. The summed E-state index contributed by atoms with van der Waals surface area (Å²) in [7, 11) is 1.67. The van der Waals surface area contributed by atoms with E-state index in [1.165, 1.54) is 5.56 Å². The van der Waals surface area contributed by atoms with Crippen molar-refractivity contribution in [2.24, 2.45) is 5.92 Å². The van der Waals surface area contributed by atoms with Crippen LogP contribution in [0.1, 0.15) is 19.4 Å². The normalized spacial score (nSPS) is 14.7. The molecule has 0 radical (unpaired) electrons. The van der Waals surface area contributed by atoms with E-state index in [4.69, 9.17) is 16.3 Å². The van der Waals surface area contributed by atoms with E-state index in [0.29, 0.717) is 5.92 Å². The molecule has 0 amide bonds. The summed E-state index contributed by atoms with van der Waals surface area (Å²) in [6.45, 7) is 4.20. The topological polar surface area (TPSA) is 9.23 Å². The molecule has 0 saturated carbocycles. The monoisotopic (exact) mass is 290 g/mol. The Labute approximate surface area is 105 Å². The van der Waals surface area contributed by atoms with Gasteiger partial charge in [0.25, 0.3) is 0 Å².